The minimum Gasteiger partial charge on any atom is -0.486 e. The molecule has 7 heteroatoms. The number of hydrogen-bond acceptors (Lipinski definition) is 5. The van der Waals surface area contributed by atoms with Crippen molar-refractivity contribution in [3.05, 3.63) is 42.5 Å². The molecule has 0 amide bonds. The number of nitrogens with one attached hydrogen (secondary N) is 1. The zero-order valence-corrected chi connectivity index (χ0v) is 11.9. The molecule has 0 fully saturated rings. The van der Waals surface area contributed by atoms with E-state index in [4.69, 9.17) is 15.2 Å². The van der Waals surface area contributed by atoms with Crippen molar-refractivity contribution in [3.63, 3.8) is 0 Å². The summed E-state index contributed by atoms with van der Waals surface area (Å²) in [4.78, 5) is 0.166. The van der Waals surface area contributed by atoms with Gasteiger partial charge in [-0.2, -0.15) is 0 Å². The van der Waals surface area contributed by atoms with Crippen LogP contribution < -0.4 is 19.9 Å². The summed E-state index contributed by atoms with van der Waals surface area (Å²) in [6.07, 6.45) is 0. The molecule has 21 heavy (non-hydrogen) atoms. The lowest BCUT2D eigenvalue weighted by Gasteiger charge is -2.20. The molecule has 0 atom stereocenters. The molecule has 3 rings (SSSR count). The topological polar surface area (TPSA) is 90.7 Å². The van der Waals surface area contributed by atoms with Gasteiger partial charge in [0.2, 0.25) is 0 Å². The lowest BCUT2D eigenvalue weighted by Crippen LogP contribution is -2.17. The minimum atomic E-state index is -3.69. The first kappa shape index (κ1) is 13.6. The number of nitrogens with two attached hydrogens (primary N) is 1. The quantitative estimate of drug-likeness (QED) is 0.844. The van der Waals surface area contributed by atoms with Crippen LogP contribution in [0.2, 0.25) is 0 Å². The highest BCUT2D eigenvalue weighted by molar-refractivity contribution is 7.92. The van der Waals surface area contributed by atoms with Crippen LogP contribution in [0.3, 0.4) is 0 Å². The summed E-state index contributed by atoms with van der Waals surface area (Å²) in [5, 5.41) is 0. The molecule has 1 heterocycles. The van der Waals surface area contributed by atoms with Gasteiger partial charge in [-0.3, -0.25) is 4.72 Å². The van der Waals surface area contributed by atoms with Gasteiger partial charge in [-0.25, -0.2) is 8.42 Å². The highest BCUT2D eigenvalue weighted by atomic mass is 32.2. The third kappa shape index (κ3) is 2.73. The van der Waals surface area contributed by atoms with E-state index in [-0.39, 0.29) is 16.3 Å². The number of benzene rings is 2. The maximum atomic E-state index is 12.3. The van der Waals surface area contributed by atoms with E-state index < -0.39 is 10.0 Å². The molecule has 110 valence electrons. The summed E-state index contributed by atoms with van der Waals surface area (Å²) in [6, 6.07) is 11.2. The van der Waals surface area contributed by atoms with E-state index in [1.54, 1.807) is 24.3 Å². The Morgan fingerprint density at radius 3 is 2.29 bits per heavy atom. The average molecular weight is 306 g/mol. The van der Waals surface area contributed by atoms with Crippen molar-refractivity contribution in [2.45, 2.75) is 4.90 Å². The fourth-order valence-electron chi connectivity index (χ4n) is 2.00. The molecule has 0 spiro atoms. The lowest BCUT2D eigenvalue weighted by atomic mass is 10.2. The number of nitrogen functional groups attached to an aromatic ring is 1. The predicted molar refractivity (Wildman–Crippen MR) is 79.1 cm³/mol. The maximum absolute atomic E-state index is 12.3. The molecule has 0 radical (unpaired) electrons. The van der Waals surface area contributed by atoms with Crippen molar-refractivity contribution >= 4 is 21.4 Å². The van der Waals surface area contributed by atoms with E-state index >= 15 is 0 Å². The van der Waals surface area contributed by atoms with Crippen molar-refractivity contribution < 1.29 is 17.9 Å². The zero-order valence-electron chi connectivity index (χ0n) is 11.1. The van der Waals surface area contributed by atoms with E-state index in [2.05, 4.69) is 4.72 Å². The first-order valence-electron chi connectivity index (χ1n) is 6.33. The molecule has 0 saturated carbocycles. The SMILES string of the molecule is Nc1cc2c(cc1NS(=O)(=O)c1ccccc1)OCCO2. The molecular formula is C14H14N2O4S. The summed E-state index contributed by atoms with van der Waals surface area (Å²) < 4.78 is 37.8. The normalized spacial score (nSPS) is 13.7. The molecular weight excluding hydrogens is 292 g/mol. The molecule has 0 saturated heterocycles. The number of anilines is 2. The minimum absolute atomic E-state index is 0.166. The number of ether oxygens (including phenoxy) is 2. The number of fused-ring (bicyclic) bond motifs is 1. The van der Waals surface area contributed by atoms with Crippen LogP contribution in [0.4, 0.5) is 11.4 Å². The standard InChI is InChI=1S/C14H14N2O4S/c15-11-8-13-14(20-7-6-19-13)9-12(11)16-21(17,18)10-4-2-1-3-5-10/h1-5,8-9,16H,6-7,15H2. The van der Waals surface area contributed by atoms with Crippen LogP contribution >= 0.6 is 0 Å². The second kappa shape index (κ2) is 5.17. The van der Waals surface area contributed by atoms with Crippen LogP contribution in [-0.4, -0.2) is 21.6 Å². The fourth-order valence-corrected chi connectivity index (χ4v) is 3.10. The van der Waals surface area contributed by atoms with E-state index in [0.29, 0.717) is 24.7 Å². The molecule has 0 aliphatic carbocycles. The van der Waals surface area contributed by atoms with Crippen molar-refractivity contribution in [1.82, 2.24) is 0 Å². The molecule has 0 unspecified atom stereocenters. The van der Waals surface area contributed by atoms with Crippen LogP contribution in [0.25, 0.3) is 0 Å². The Labute approximate surface area is 122 Å². The van der Waals surface area contributed by atoms with E-state index in [1.807, 2.05) is 0 Å². The Hall–Kier alpha value is -2.41. The summed E-state index contributed by atoms with van der Waals surface area (Å²) in [5.74, 6) is 0.989. The lowest BCUT2D eigenvalue weighted by molar-refractivity contribution is 0.172. The molecule has 0 bridgehead atoms. The first-order valence-corrected chi connectivity index (χ1v) is 7.81. The molecule has 0 aromatic heterocycles. The molecule has 2 aromatic rings. The van der Waals surface area contributed by atoms with E-state index in [0.717, 1.165) is 0 Å². The van der Waals surface area contributed by atoms with Gasteiger partial charge >= 0.3 is 0 Å². The third-order valence-electron chi connectivity index (χ3n) is 3.01. The van der Waals surface area contributed by atoms with Gasteiger partial charge in [0.25, 0.3) is 10.0 Å². The molecule has 6 nitrogen and oxygen atoms in total. The fraction of sp³-hybridized carbons (Fsp3) is 0.143. The van der Waals surface area contributed by atoms with Gasteiger partial charge < -0.3 is 15.2 Å². The molecule has 1 aliphatic heterocycles. The van der Waals surface area contributed by atoms with Gasteiger partial charge in [-0.1, -0.05) is 18.2 Å². The predicted octanol–water partition coefficient (Wildman–Crippen LogP) is 1.84. The van der Waals surface area contributed by atoms with Gasteiger partial charge in [0.1, 0.15) is 13.2 Å². The maximum Gasteiger partial charge on any atom is 0.261 e. The molecule has 2 aromatic carbocycles. The second-order valence-electron chi connectivity index (χ2n) is 4.50. The monoisotopic (exact) mass is 306 g/mol. The van der Waals surface area contributed by atoms with Crippen molar-refractivity contribution in [1.29, 1.82) is 0 Å². The van der Waals surface area contributed by atoms with Gasteiger partial charge in [0.15, 0.2) is 11.5 Å². The van der Waals surface area contributed by atoms with Gasteiger partial charge in [-0.05, 0) is 12.1 Å². The first-order chi connectivity index (χ1) is 10.1. The summed E-state index contributed by atoms with van der Waals surface area (Å²) in [5.41, 5.74) is 6.41. The Balaban J connectivity index is 1.95. The molecule has 1 aliphatic rings. The van der Waals surface area contributed by atoms with Gasteiger partial charge in [-0.15, -0.1) is 0 Å². The zero-order chi connectivity index (χ0) is 14.9. The Bertz CT molecular complexity index is 760. The van der Waals surface area contributed by atoms with Crippen LogP contribution in [-0.2, 0) is 10.0 Å². The summed E-state index contributed by atoms with van der Waals surface area (Å²) in [6.45, 7) is 0.864. The Kier molecular flexibility index (Phi) is 3.34. The largest absolute Gasteiger partial charge is 0.486 e. The van der Waals surface area contributed by atoms with Crippen molar-refractivity contribution in [2.24, 2.45) is 0 Å². The number of rotatable bonds is 3. The summed E-state index contributed by atoms with van der Waals surface area (Å²) >= 11 is 0. The third-order valence-corrected chi connectivity index (χ3v) is 4.39. The Morgan fingerprint density at radius 2 is 1.62 bits per heavy atom. The highest BCUT2D eigenvalue weighted by Crippen LogP contribution is 2.37. The smallest absolute Gasteiger partial charge is 0.261 e. The van der Waals surface area contributed by atoms with Crippen LogP contribution in [0.15, 0.2) is 47.4 Å². The Morgan fingerprint density at radius 1 is 1.00 bits per heavy atom. The van der Waals surface area contributed by atoms with Crippen molar-refractivity contribution in [3.8, 4) is 11.5 Å². The van der Waals surface area contributed by atoms with E-state index in [1.165, 1.54) is 18.2 Å². The highest BCUT2D eigenvalue weighted by Gasteiger charge is 2.19. The van der Waals surface area contributed by atoms with E-state index in [9.17, 15) is 8.42 Å². The number of hydrogen-bond donors (Lipinski definition) is 2. The van der Waals surface area contributed by atoms with Gasteiger partial charge in [0.05, 0.1) is 16.3 Å². The van der Waals surface area contributed by atoms with Crippen LogP contribution in [0.5, 0.6) is 11.5 Å². The van der Waals surface area contributed by atoms with Crippen LogP contribution in [0.1, 0.15) is 0 Å². The van der Waals surface area contributed by atoms with Crippen molar-refractivity contribution in [2.75, 3.05) is 23.7 Å². The second-order valence-corrected chi connectivity index (χ2v) is 6.18. The molecule has 3 N–H and O–H groups in total. The number of sulfonamides is 1. The van der Waals surface area contributed by atoms with Crippen LogP contribution in [0, 0.1) is 0 Å². The average Bonchev–Trinajstić information content (AvgIpc) is 2.49. The van der Waals surface area contributed by atoms with Gasteiger partial charge in [0, 0.05) is 12.1 Å². The summed E-state index contributed by atoms with van der Waals surface area (Å²) in [7, 11) is -3.69.